The van der Waals surface area contributed by atoms with Crippen LogP contribution in [-0.4, -0.2) is 29.3 Å². The topological polar surface area (TPSA) is 78.5 Å². The Kier molecular flexibility index (Phi) is 5.25. The molecule has 0 bridgehead atoms. The van der Waals surface area contributed by atoms with Crippen molar-refractivity contribution in [1.29, 1.82) is 0 Å². The summed E-state index contributed by atoms with van der Waals surface area (Å²) in [6.45, 7) is 1.09. The number of imide groups is 1. The Morgan fingerprint density at radius 2 is 1.61 bits per heavy atom. The van der Waals surface area contributed by atoms with Gasteiger partial charge in [0.2, 0.25) is 5.91 Å². The van der Waals surface area contributed by atoms with E-state index in [0.29, 0.717) is 11.3 Å². The molecule has 1 atom stereocenters. The molecule has 4 rings (SSSR count). The molecule has 6 nitrogen and oxygen atoms in total. The Morgan fingerprint density at radius 3 is 2.32 bits per heavy atom. The van der Waals surface area contributed by atoms with E-state index in [2.05, 4.69) is 10.6 Å². The fourth-order valence-corrected chi connectivity index (χ4v) is 3.61. The van der Waals surface area contributed by atoms with Gasteiger partial charge in [-0.2, -0.15) is 0 Å². The summed E-state index contributed by atoms with van der Waals surface area (Å²) in [6, 6.07) is 21.5. The van der Waals surface area contributed by atoms with Crippen molar-refractivity contribution in [3.8, 4) is 11.1 Å². The van der Waals surface area contributed by atoms with Crippen LogP contribution < -0.4 is 10.6 Å². The van der Waals surface area contributed by atoms with Gasteiger partial charge in [-0.25, -0.2) is 9.18 Å². The fraction of sp³-hybridized carbons (Fsp3) is 0.125. The van der Waals surface area contributed by atoms with Crippen LogP contribution in [0.5, 0.6) is 0 Å². The van der Waals surface area contributed by atoms with Crippen molar-refractivity contribution in [2.75, 3.05) is 11.9 Å². The quantitative estimate of drug-likeness (QED) is 0.618. The van der Waals surface area contributed by atoms with Crippen molar-refractivity contribution < 1.29 is 18.8 Å². The van der Waals surface area contributed by atoms with Crippen LogP contribution in [0.1, 0.15) is 12.5 Å². The number of urea groups is 1. The van der Waals surface area contributed by atoms with E-state index in [-0.39, 0.29) is 0 Å². The zero-order chi connectivity index (χ0) is 22.0. The highest BCUT2D eigenvalue weighted by Gasteiger charge is 2.49. The average Bonchev–Trinajstić information content (AvgIpc) is 2.99. The summed E-state index contributed by atoms with van der Waals surface area (Å²) in [7, 11) is 0. The molecule has 0 spiro atoms. The highest BCUT2D eigenvalue weighted by atomic mass is 19.1. The number of carbonyl (C=O) groups excluding carboxylic acids is 3. The lowest BCUT2D eigenvalue weighted by atomic mass is 9.92. The zero-order valence-corrected chi connectivity index (χ0v) is 16.8. The Labute approximate surface area is 178 Å². The van der Waals surface area contributed by atoms with E-state index >= 15 is 0 Å². The number of anilines is 1. The molecule has 3 aromatic rings. The Morgan fingerprint density at radius 1 is 0.968 bits per heavy atom. The van der Waals surface area contributed by atoms with E-state index in [9.17, 15) is 18.8 Å². The van der Waals surface area contributed by atoms with Crippen LogP contribution in [0, 0.1) is 5.82 Å². The second-order valence-electron chi connectivity index (χ2n) is 7.41. The molecule has 4 amide bonds. The number of hydrogen-bond donors (Lipinski definition) is 2. The number of nitrogens with one attached hydrogen (secondary N) is 2. The lowest BCUT2D eigenvalue weighted by Crippen LogP contribution is -2.42. The summed E-state index contributed by atoms with van der Waals surface area (Å²) in [5, 5.41) is 5.40. The third-order valence-electron chi connectivity index (χ3n) is 5.28. The van der Waals surface area contributed by atoms with Crippen LogP contribution in [0.25, 0.3) is 11.1 Å². The maximum atomic E-state index is 13.2. The minimum atomic E-state index is -1.37. The van der Waals surface area contributed by atoms with Gasteiger partial charge in [0.25, 0.3) is 5.91 Å². The SMILES string of the molecule is CC1(c2ccc(F)cc2)NC(=O)N(CC(=O)Nc2ccccc2-c2ccccc2)C1=O. The monoisotopic (exact) mass is 417 g/mol. The molecule has 1 fully saturated rings. The van der Waals surface area contributed by atoms with E-state index in [1.54, 1.807) is 12.1 Å². The molecule has 156 valence electrons. The van der Waals surface area contributed by atoms with Crippen molar-refractivity contribution in [3.63, 3.8) is 0 Å². The van der Waals surface area contributed by atoms with Gasteiger partial charge in [-0.3, -0.25) is 14.5 Å². The molecule has 0 saturated carbocycles. The number of hydrogen-bond acceptors (Lipinski definition) is 3. The summed E-state index contributed by atoms with van der Waals surface area (Å²) in [4.78, 5) is 39.0. The van der Waals surface area contributed by atoms with Crippen molar-refractivity contribution >= 4 is 23.5 Å². The summed E-state index contributed by atoms with van der Waals surface area (Å²) in [6.07, 6.45) is 0. The standard InChI is InChI=1S/C24H20FN3O3/c1-24(17-11-13-18(25)14-12-17)22(30)28(23(31)27-24)15-21(29)26-20-10-6-5-9-19(20)16-7-3-2-4-8-16/h2-14H,15H2,1H3,(H,26,29)(H,27,31). The minimum Gasteiger partial charge on any atom is -0.324 e. The summed E-state index contributed by atoms with van der Waals surface area (Å²) in [5.41, 5.74) is 1.39. The molecule has 1 aliphatic heterocycles. The maximum absolute atomic E-state index is 13.2. The van der Waals surface area contributed by atoms with Crippen molar-refractivity contribution in [2.45, 2.75) is 12.5 Å². The molecule has 0 aromatic heterocycles. The summed E-state index contributed by atoms with van der Waals surface area (Å²) < 4.78 is 13.2. The van der Waals surface area contributed by atoms with Gasteiger partial charge in [0.1, 0.15) is 17.9 Å². The van der Waals surface area contributed by atoms with Crippen LogP contribution in [0.15, 0.2) is 78.9 Å². The number of nitrogens with zero attached hydrogens (tertiary/aromatic N) is 1. The van der Waals surface area contributed by atoms with Crippen LogP contribution in [-0.2, 0) is 15.1 Å². The number of halogens is 1. The second kappa shape index (κ2) is 8.02. The van der Waals surface area contributed by atoms with Crippen molar-refractivity contribution in [3.05, 3.63) is 90.2 Å². The molecule has 0 aliphatic carbocycles. The van der Waals surface area contributed by atoms with Gasteiger partial charge in [0.05, 0.1) is 0 Å². The smallest absolute Gasteiger partial charge is 0.324 e. The average molecular weight is 417 g/mol. The third kappa shape index (κ3) is 3.90. The van der Waals surface area contributed by atoms with Gasteiger partial charge in [0, 0.05) is 11.3 Å². The molecule has 3 aromatic carbocycles. The first-order valence-corrected chi connectivity index (χ1v) is 9.73. The minimum absolute atomic E-state index is 0.435. The number of benzene rings is 3. The Hall–Kier alpha value is -4.00. The number of para-hydroxylation sites is 1. The molecule has 1 saturated heterocycles. The van der Waals surface area contributed by atoms with Crippen LogP contribution in [0.3, 0.4) is 0 Å². The summed E-state index contributed by atoms with van der Waals surface area (Å²) in [5.74, 6) is -1.52. The third-order valence-corrected chi connectivity index (χ3v) is 5.28. The summed E-state index contributed by atoms with van der Waals surface area (Å²) >= 11 is 0. The number of carbonyl (C=O) groups is 3. The molecule has 31 heavy (non-hydrogen) atoms. The molecule has 1 aliphatic rings. The molecule has 0 radical (unpaired) electrons. The Balaban J connectivity index is 1.52. The van der Waals surface area contributed by atoms with Gasteiger partial charge in [0.15, 0.2) is 0 Å². The van der Waals surface area contributed by atoms with E-state index in [1.807, 2.05) is 42.5 Å². The van der Waals surface area contributed by atoms with Gasteiger partial charge >= 0.3 is 6.03 Å². The zero-order valence-electron chi connectivity index (χ0n) is 16.8. The molecular weight excluding hydrogens is 397 g/mol. The maximum Gasteiger partial charge on any atom is 0.325 e. The molecule has 1 heterocycles. The van der Waals surface area contributed by atoms with Crippen LogP contribution in [0.2, 0.25) is 0 Å². The van der Waals surface area contributed by atoms with Gasteiger partial charge in [-0.05, 0) is 36.2 Å². The normalized spacial score (nSPS) is 18.1. The highest BCUT2D eigenvalue weighted by molar-refractivity contribution is 6.10. The van der Waals surface area contributed by atoms with Crippen LogP contribution in [0.4, 0.5) is 14.9 Å². The molecule has 7 heteroatoms. The molecular formula is C24H20FN3O3. The highest BCUT2D eigenvalue weighted by Crippen LogP contribution is 2.30. The largest absolute Gasteiger partial charge is 0.325 e. The van der Waals surface area contributed by atoms with Gasteiger partial charge < -0.3 is 10.6 Å². The van der Waals surface area contributed by atoms with Gasteiger partial charge in [-0.15, -0.1) is 0 Å². The lowest BCUT2D eigenvalue weighted by Gasteiger charge is -2.22. The first-order chi connectivity index (χ1) is 14.9. The predicted octanol–water partition coefficient (Wildman–Crippen LogP) is 3.90. The Bertz CT molecular complexity index is 1150. The number of rotatable bonds is 5. The molecule has 1 unspecified atom stereocenters. The van der Waals surface area contributed by atoms with Crippen LogP contribution >= 0.6 is 0 Å². The second-order valence-corrected chi connectivity index (χ2v) is 7.41. The van der Waals surface area contributed by atoms with E-state index in [0.717, 1.165) is 16.0 Å². The van der Waals surface area contributed by atoms with Gasteiger partial charge in [-0.1, -0.05) is 60.7 Å². The first-order valence-electron chi connectivity index (χ1n) is 9.73. The fourth-order valence-electron chi connectivity index (χ4n) is 3.61. The number of amides is 4. The predicted molar refractivity (Wildman–Crippen MR) is 115 cm³/mol. The first kappa shape index (κ1) is 20.3. The lowest BCUT2D eigenvalue weighted by molar-refractivity contribution is -0.133. The van der Waals surface area contributed by atoms with E-state index in [4.69, 9.17) is 0 Å². The van der Waals surface area contributed by atoms with E-state index < -0.39 is 35.7 Å². The van der Waals surface area contributed by atoms with Crippen molar-refractivity contribution in [1.82, 2.24) is 10.2 Å². The van der Waals surface area contributed by atoms with Crippen molar-refractivity contribution in [2.24, 2.45) is 0 Å². The van der Waals surface area contributed by atoms with E-state index in [1.165, 1.54) is 31.2 Å². The molecule has 2 N–H and O–H groups in total.